The molecule has 1 saturated carbocycles. The van der Waals surface area contributed by atoms with Crippen molar-refractivity contribution in [2.75, 3.05) is 23.3 Å². The van der Waals surface area contributed by atoms with Crippen LogP contribution >= 0.6 is 0 Å². The fourth-order valence-electron chi connectivity index (χ4n) is 5.47. The van der Waals surface area contributed by atoms with E-state index in [0.29, 0.717) is 23.9 Å². The lowest BCUT2D eigenvalue weighted by Crippen LogP contribution is -2.54. The van der Waals surface area contributed by atoms with Crippen LogP contribution in [-0.4, -0.2) is 42.6 Å². The molecule has 6 nitrogen and oxygen atoms in total. The minimum absolute atomic E-state index is 0.0595. The molecule has 12 heteroatoms. The van der Waals surface area contributed by atoms with Gasteiger partial charge in [-0.1, -0.05) is 12.8 Å². The molecule has 216 valence electrons. The minimum atomic E-state index is -4.76. The van der Waals surface area contributed by atoms with E-state index in [9.17, 15) is 26.3 Å². The minimum Gasteiger partial charge on any atom is -0.424 e. The molecule has 1 aliphatic carbocycles. The van der Waals surface area contributed by atoms with Crippen LogP contribution in [0.4, 0.5) is 38.0 Å². The zero-order valence-electron chi connectivity index (χ0n) is 21.6. The van der Waals surface area contributed by atoms with E-state index < -0.39 is 18.1 Å². The summed E-state index contributed by atoms with van der Waals surface area (Å²) in [6.45, 7) is 1.49. The van der Waals surface area contributed by atoms with Crippen LogP contribution in [0.3, 0.4) is 0 Å². The topological polar surface area (TPSA) is 62.6 Å². The largest absolute Gasteiger partial charge is 0.573 e. The molecule has 40 heavy (non-hydrogen) atoms. The van der Waals surface area contributed by atoms with Gasteiger partial charge in [0.25, 0.3) is 6.01 Å². The van der Waals surface area contributed by atoms with Gasteiger partial charge in [0.2, 0.25) is 0 Å². The van der Waals surface area contributed by atoms with Crippen molar-refractivity contribution in [3.8, 4) is 17.1 Å². The van der Waals surface area contributed by atoms with E-state index in [2.05, 4.69) is 25.3 Å². The highest BCUT2D eigenvalue weighted by atomic mass is 19.4. The highest BCUT2D eigenvalue weighted by Crippen LogP contribution is 2.32. The Kier molecular flexibility index (Phi) is 8.16. The molecule has 5 rings (SSSR count). The number of benzene rings is 2. The van der Waals surface area contributed by atoms with Crippen LogP contribution in [0.2, 0.25) is 0 Å². The molecule has 2 heterocycles. The highest BCUT2D eigenvalue weighted by molar-refractivity contribution is 5.58. The molecule has 1 aliphatic heterocycles. The van der Waals surface area contributed by atoms with Crippen molar-refractivity contribution in [3.63, 3.8) is 0 Å². The lowest BCUT2D eigenvalue weighted by Gasteiger charge is -2.40. The Labute approximate surface area is 227 Å². The molecule has 0 amide bonds. The summed E-state index contributed by atoms with van der Waals surface area (Å²) in [6, 6.07) is 11.4. The Morgan fingerprint density at radius 2 is 1.55 bits per heavy atom. The Hall–Kier alpha value is -3.41. The first-order valence-corrected chi connectivity index (χ1v) is 13.3. The molecule has 0 spiro atoms. The molecule has 1 unspecified atom stereocenters. The van der Waals surface area contributed by atoms with Crippen LogP contribution in [-0.2, 0) is 6.18 Å². The third-order valence-electron chi connectivity index (χ3n) is 7.38. The van der Waals surface area contributed by atoms with Gasteiger partial charge in [0.05, 0.1) is 11.8 Å². The van der Waals surface area contributed by atoms with E-state index in [0.717, 1.165) is 62.9 Å². The number of nitrogens with one attached hydrogen (secondary N) is 2. The first-order valence-electron chi connectivity index (χ1n) is 13.3. The number of hydrogen-bond donors (Lipinski definition) is 2. The zero-order valence-corrected chi connectivity index (χ0v) is 21.6. The van der Waals surface area contributed by atoms with Gasteiger partial charge in [0, 0.05) is 42.5 Å². The maximum atomic E-state index is 12.9. The van der Waals surface area contributed by atoms with Crippen molar-refractivity contribution in [2.45, 2.75) is 69.2 Å². The fraction of sp³-hybridized carbons (Fsp3) is 0.464. The van der Waals surface area contributed by atoms with Crippen molar-refractivity contribution in [3.05, 3.63) is 60.3 Å². The van der Waals surface area contributed by atoms with Crippen LogP contribution in [0.15, 0.2) is 59.1 Å². The third-order valence-corrected chi connectivity index (χ3v) is 7.38. The van der Waals surface area contributed by atoms with Crippen LogP contribution in [0.25, 0.3) is 11.3 Å². The molecule has 2 N–H and O–H groups in total. The molecule has 2 aliphatic rings. The number of anilines is 2. The molecule has 2 aromatic carbocycles. The van der Waals surface area contributed by atoms with Crippen LogP contribution in [0.1, 0.15) is 44.1 Å². The summed E-state index contributed by atoms with van der Waals surface area (Å²) >= 11 is 0. The maximum absolute atomic E-state index is 12.9. The summed E-state index contributed by atoms with van der Waals surface area (Å²) in [5, 5.41) is 7.15. The Bertz CT molecular complexity index is 1240. The Morgan fingerprint density at radius 3 is 2.23 bits per heavy atom. The van der Waals surface area contributed by atoms with Gasteiger partial charge in [0.15, 0.2) is 5.76 Å². The number of alkyl halides is 6. The first-order chi connectivity index (χ1) is 19.0. The second kappa shape index (κ2) is 11.6. The number of piperidine rings is 1. The fourth-order valence-corrected chi connectivity index (χ4v) is 5.47. The zero-order chi connectivity index (χ0) is 28.3. The van der Waals surface area contributed by atoms with Crippen molar-refractivity contribution < 1.29 is 35.5 Å². The van der Waals surface area contributed by atoms with Gasteiger partial charge in [-0.25, -0.2) is 4.98 Å². The Balaban J connectivity index is 1.19. The summed E-state index contributed by atoms with van der Waals surface area (Å²) in [5.74, 6) is 0.102. The highest BCUT2D eigenvalue weighted by Gasteiger charge is 2.33. The predicted octanol–water partition coefficient (Wildman–Crippen LogP) is 7.24. The molecule has 1 saturated heterocycles. The smallest absolute Gasteiger partial charge is 0.424 e. The van der Waals surface area contributed by atoms with Crippen LogP contribution in [0, 0.1) is 0 Å². The summed E-state index contributed by atoms with van der Waals surface area (Å²) in [7, 11) is 0. The van der Waals surface area contributed by atoms with Gasteiger partial charge >= 0.3 is 12.5 Å². The maximum Gasteiger partial charge on any atom is 0.573 e. The normalized spacial score (nSPS) is 22.2. The molecule has 3 atom stereocenters. The van der Waals surface area contributed by atoms with E-state index in [-0.39, 0.29) is 23.9 Å². The number of aromatic nitrogens is 1. The van der Waals surface area contributed by atoms with Gasteiger partial charge in [-0.05, 0) is 74.2 Å². The van der Waals surface area contributed by atoms with Gasteiger partial charge in [-0.15, -0.1) is 13.2 Å². The number of rotatable bonds is 7. The lowest BCUT2D eigenvalue weighted by atomic mass is 9.89. The molecule has 0 radical (unpaired) electrons. The van der Waals surface area contributed by atoms with Crippen LogP contribution < -0.4 is 20.3 Å². The molecule has 2 fully saturated rings. The number of nitrogens with zero attached hydrogens (tertiary/aromatic N) is 2. The average molecular weight is 569 g/mol. The Morgan fingerprint density at radius 1 is 0.850 bits per heavy atom. The van der Waals surface area contributed by atoms with Gasteiger partial charge in [-0.3, -0.25) is 0 Å². The lowest BCUT2D eigenvalue weighted by molar-refractivity contribution is -0.274. The van der Waals surface area contributed by atoms with Crippen LogP contribution in [0.5, 0.6) is 5.75 Å². The summed E-state index contributed by atoms with van der Waals surface area (Å²) in [4.78, 5) is 6.44. The second-order valence-electron chi connectivity index (χ2n) is 10.2. The molecular formula is C28H30F6N4O2. The molecular weight excluding hydrogens is 538 g/mol. The predicted molar refractivity (Wildman–Crippen MR) is 138 cm³/mol. The van der Waals surface area contributed by atoms with E-state index in [1.165, 1.54) is 42.6 Å². The van der Waals surface area contributed by atoms with Crippen molar-refractivity contribution >= 4 is 11.7 Å². The van der Waals surface area contributed by atoms with Gasteiger partial charge in [0.1, 0.15) is 5.75 Å². The van der Waals surface area contributed by atoms with Gasteiger partial charge < -0.3 is 24.7 Å². The molecule has 3 aromatic rings. The molecule has 1 aromatic heterocycles. The quantitative estimate of drug-likeness (QED) is 0.293. The van der Waals surface area contributed by atoms with Crippen molar-refractivity contribution in [1.82, 2.24) is 10.3 Å². The summed E-state index contributed by atoms with van der Waals surface area (Å²) < 4.78 is 85.9. The molecule has 0 bridgehead atoms. The van der Waals surface area contributed by atoms with E-state index in [1.54, 1.807) is 0 Å². The monoisotopic (exact) mass is 568 g/mol. The number of halogens is 6. The summed E-state index contributed by atoms with van der Waals surface area (Å²) in [5.41, 5.74) is 0.698. The van der Waals surface area contributed by atoms with E-state index in [1.807, 2.05) is 0 Å². The summed E-state index contributed by atoms with van der Waals surface area (Å²) in [6.07, 6.45) is -1.69. The SMILES string of the molecule is FC(F)(F)Oc1ccc(-c2cnc(N[C@@H]3CCCC[C@H]3NC3CCCN(c4ccc(C(F)(F)F)cc4)C3)o2)cc1. The number of ether oxygens (including phenoxy) is 1. The number of hydrogen-bond acceptors (Lipinski definition) is 6. The number of oxazole rings is 1. The second-order valence-corrected chi connectivity index (χ2v) is 10.2. The third kappa shape index (κ3) is 7.21. The average Bonchev–Trinajstić information content (AvgIpc) is 3.38. The van der Waals surface area contributed by atoms with Crippen molar-refractivity contribution in [1.29, 1.82) is 0 Å². The van der Waals surface area contributed by atoms with Gasteiger partial charge in [-0.2, -0.15) is 13.2 Å². The first kappa shape index (κ1) is 28.1. The van der Waals surface area contributed by atoms with Crippen molar-refractivity contribution in [2.24, 2.45) is 0 Å². The van der Waals surface area contributed by atoms with E-state index in [4.69, 9.17) is 4.42 Å². The standard InChI is InChI=1S/C28H30F6N4O2/c29-27(30,31)19-9-11-21(12-10-19)38-15-3-4-20(17-38)36-23-5-1-2-6-24(23)37-26-35-16-25(39-26)18-7-13-22(14-8-18)40-28(32,33)34/h7-14,16,20,23-24,36H,1-6,15,17H2,(H,35,37)/t20?,23-,24-/m1/s1. The van der Waals surface area contributed by atoms with E-state index >= 15 is 0 Å².